The highest BCUT2D eigenvalue weighted by Crippen LogP contribution is 2.17. The summed E-state index contributed by atoms with van der Waals surface area (Å²) < 4.78 is 4.59. The molecule has 0 bridgehead atoms. The maximum Gasteiger partial charge on any atom is 0.339 e. The van der Waals surface area contributed by atoms with E-state index in [1.165, 1.54) is 18.4 Å². The first kappa shape index (κ1) is 9.95. The van der Waals surface area contributed by atoms with Crippen LogP contribution in [0.4, 0.5) is 0 Å². The minimum absolute atomic E-state index is 0.0313. The van der Waals surface area contributed by atoms with Gasteiger partial charge in [0, 0.05) is 5.38 Å². The second kappa shape index (κ2) is 4.79. The molecule has 0 fully saturated rings. The van der Waals surface area contributed by atoms with Gasteiger partial charge in [-0.3, -0.25) is 0 Å². The second-order valence-electron chi connectivity index (χ2n) is 2.32. The Morgan fingerprint density at radius 1 is 1.69 bits per heavy atom. The topological polar surface area (TPSA) is 46.5 Å². The molecule has 0 amide bonds. The lowest BCUT2D eigenvalue weighted by atomic mass is 10.2. The van der Waals surface area contributed by atoms with Crippen molar-refractivity contribution in [1.82, 2.24) is 0 Å². The van der Waals surface area contributed by atoms with Crippen LogP contribution in [0.15, 0.2) is 16.8 Å². The zero-order chi connectivity index (χ0) is 9.68. The van der Waals surface area contributed by atoms with Gasteiger partial charge in [-0.25, -0.2) is 4.79 Å². The van der Waals surface area contributed by atoms with Crippen LogP contribution in [0.1, 0.15) is 15.9 Å². The molecule has 4 heteroatoms. The number of aliphatic hydroxyl groups excluding tert-OH is 1. The second-order valence-corrected chi connectivity index (χ2v) is 3.06. The van der Waals surface area contributed by atoms with Gasteiger partial charge in [-0.15, -0.1) is 0 Å². The van der Waals surface area contributed by atoms with Crippen molar-refractivity contribution < 1.29 is 14.6 Å². The molecule has 0 spiro atoms. The molecule has 1 rings (SSSR count). The molecule has 0 radical (unpaired) electrons. The van der Waals surface area contributed by atoms with Crippen molar-refractivity contribution in [1.29, 1.82) is 0 Å². The summed E-state index contributed by atoms with van der Waals surface area (Å²) in [6.07, 6.45) is 3.28. The van der Waals surface area contributed by atoms with E-state index in [9.17, 15) is 4.79 Å². The van der Waals surface area contributed by atoms with Crippen molar-refractivity contribution in [2.75, 3.05) is 13.7 Å². The van der Waals surface area contributed by atoms with Crippen LogP contribution in [0.3, 0.4) is 0 Å². The first-order valence-electron chi connectivity index (χ1n) is 3.71. The van der Waals surface area contributed by atoms with E-state index in [0.29, 0.717) is 5.56 Å². The predicted octanol–water partition coefficient (Wildman–Crippen LogP) is 1.54. The summed E-state index contributed by atoms with van der Waals surface area (Å²) in [5.74, 6) is -0.348. The fourth-order valence-electron chi connectivity index (χ4n) is 0.892. The summed E-state index contributed by atoms with van der Waals surface area (Å²) in [4.78, 5) is 11.1. The average Bonchev–Trinajstić information content (AvgIpc) is 2.61. The Bertz CT molecular complexity index is 314. The van der Waals surface area contributed by atoms with E-state index >= 15 is 0 Å². The summed E-state index contributed by atoms with van der Waals surface area (Å²) in [5, 5.41) is 12.1. The molecule has 0 unspecified atom stereocenters. The summed E-state index contributed by atoms with van der Waals surface area (Å²) in [6, 6.07) is 0. The van der Waals surface area contributed by atoms with Crippen molar-refractivity contribution in [3.63, 3.8) is 0 Å². The molecule has 0 saturated heterocycles. The molecule has 0 atom stereocenters. The SMILES string of the molecule is COC(=O)c1cscc1/C=C/CO. The quantitative estimate of drug-likeness (QED) is 0.749. The lowest BCUT2D eigenvalue weighted by Crippen LogP contribution is -2.00. The van der Waals surface area contributed by atoms with Gasteiger partial charge in [0.2, 0.25) is 0 Å². The Balaban J connectivity index is 2.89. The van der Waals surface area contributed by atoms with Crippen LogP contribution >= 0.6 is 11.3 Å². The van der Waals surface area contributed by atoms with E-state index in [0.717, 1.165) is 5.56 Å². The van der Waals surface area contributed by atoms with Crippen molar-refractivity contribution >= 4 is 23.4 Å². The Morgan fingerprint density at radius 2 is 2.46 bits per heavy atom. The number of methoxy groups -OCH3 is 1. The van der Waals surface area contributed by atoms with Crippen LogP contribution in [0, 0.1) is 0 Å². The highest BCUT2D eigenvalue weighted by atomic mass is 32.1. The minimum atomic E-state index is -0.348. The number of hydrogen-bond donors (Lipinski definition) is 1. The molecule has 1 heterocycles. The maximum atomic E-state index is 11.1. The normalized spacial score (nSPS) is 10.6. The third-order valence-corrected chi connectivity index (χ3v) is 2.26. The van der Waals surface area contributed by atoms with Crippen molar-refractivity contribution in [3.05, 3.63) is 28.0 Å². The lowest BCUT2D eigenvalue weighted by Gasteiger charge is -1.96. The number of hydrogen-bond acceptors (Lipinski definition) is 4. The largest absolute Gasteiger partial charge is 0.465 e. The van der Waals surface area contributed by atoms with Gasteiger partial charge in [-0.05, 0) is 10.9 Å². The molecule has 1 aromatic rings. The molecule has 1 aromatic heterocycles. The van der Waals surface area contributed by atoms with E-state index in [1.54, 1.807) is 17.5 Å². The minimum Gasteiger partial charge on any atom is -0.465 e. The fraction of sp³-hybridized carbons (Fsp3) is 0.222. The highest BCUT2D eigenvalue weighted by molar-refractivity contribution is 7.08. The van der Waals surface area contributed by atoms with Gasteiger partial charge in [0.25, 0.3) is 0 Å². The van der Waals surface area contributed by atoms with Crippen LogP contribution in [-0.4, -0.2) is 24.8 Å². The van der Waals surface area contributed by atoms with Crippen LogP contribution in [0.2, 0.25) is 0 Å². The maximum absolute atomic E-state index is 11.1. The first-order chi connectivity index (χ1) is 6.29. The molecule has 0 aliphatic rings. The number of esters is 1. The smallest absolute Gasteiger partial charge is 0.339 e. The van der Waals surface area contributed by atoms with E-state index in [4.69, 9.17) is 5.11 Å². The molecular formula is C9H10O3S. The number of carbonyl (C=O) groups is 1. The van der Waals surface area contributed by atoms with Gasteiger partial charge < -0.3 is 9.84 Å². The lowest BCUT2D eigenvalue weighted by molar-refractivity contribution is 0.0601. The molecule has 0 aliphatic carbocycles. The number of thiophene rings is 1. The van der Waals surface area contributed by atoms with E-state index in [-0.39, 0.29) is 12.6 Å². The van der Waals surface area contributed by atoms with Gasteiger partial charge in [-0.2, -0.15) is 11.3 Å². The summed E-state index contributed by atoms with van der Waals surface area (Å²) in [7, 11) is 1.35. The van der Waals surface area contributed by atoms with Crippen molar-refractivity contribution in [2.45, 2.75) is 0 Å². The number of ether oxygens (including phenoxy) is 1. The molecule has 3 nitrogen and oxygen atoms in total. The van der Waals surface area contributed by atoms with Crippen molar-refractivity contribution in [3.8, 4) is 0 Å². The van der Waals surface area contributed by atoms with Gasteiger partial charge >= 0.3 is 5.97 Å². The number of rotatable bonds is 3. The number of carbonyl (C=O) groups excluding carboxylic acids is 1. The Kier molecular flexibility index (Phi) is 3.67. The molecule has 0 aliphatic heterocycles. The fourth-order valence-corrected chi connectivity index (χ4v) is 1.68. The standard InChI is InChI=1S/C9H10O3S/c1-12-9(11)8-6-13-5-7(8)3-2-4-10/h2-3,5-6,10H,4H2,1H3/b3-2+. The summed E-state index contributed by atoms with van der Waals surface area (Å²) >= 11 is 1.43. The predicted molar refractivity (Wildman–Crippen MR) is 51.8 cm³/mol. The molecule has 0 saturated carbocycles. The zero-order valence-electron chi connectivity index (χ0n) is 7.19. The van der Waals surface area contributed by atoms with E-state index in [1.807, 2.05) is 5.38 Å². The zero-order valence-corrected chi connectivity index (χ0v) is 8.00. The van der Waals surface area contributed by atoms with E-state index < -0.39 is 0 Å². The molecule has 13 heavy (non-hydrogen) atoms. The summed E-state index contributed by atoms with van der Waals surface area (Å²) in [6.45, 7) is -0.0313. The Morgan fingerprint density at radius 3 is 3.08 bits per heavy atom. The molecule has 1 N–H and O–H groups in total. The van der Waals surface area contributed by atoms with Crippen LogP contribution in [0.25, 0.3) is 6.08 Å². The van der Waals surface area contributed by atoms with E-state index in [2.05, 4.69) is 4.74 Å². The van der Waals surface area contributed by atoms with Crippen molar-refractivity contribution in [2.24, 2.45) is 0 Å². The number of aliphatic hydroxyl groups is 1. The average molecular weight is 198 g/mol. The Hall–Kier alpha value is -1.13. The third kappa shape index (κ3) is 2.40. The van der Waals surface area contributed by atoms with Crippen LogP contribution in [-0.2, 0) is 4.74 Å². The van der Waals surface area contributed by atoms with Gasteiger partial charge in [0.05, 0.1) is 19.3 Å². The Labute approximate surface area is 80.3 Å². The highest BCUT2D eigenvalue weighted by Gasteiger charge is 2.09. The van der Waals surface area contributed by atoms with Crippen LogP contribution in [0.5, 0.6) is 0 Å². The molecule has 70 valence electrons. The van der Waals surface area contributed by atoms with Crippen LogP contribution < -0.4 is 0 Å². The van der Waals surface area contributed by atoms with Gasteiger partial charge in [-0.1, -0.05) is 12.2 Å². The van der Waals surface area contributed by atoms with Gasteiger partial charge in [0.1, 0.15) is 0 Å². The molecular weight excluding hydrogens is 188 g/mol. The monoisotopic (exact) mass is 198 g/mol. The first-order valence-corrected chi connectivity index (χ1v) is 4.65. The van der Waals surface area contributed by atoms with Gasteiger partial charge in [0.15, 0.2) is 0 Å². The molecule has 0 aromatic carbocycles. The third-order valence-electron chi connectivity index (χ3n) is 1.50. The summed E-state index contributed by atoms with van der Waals surface area (Å²) in [5.41, 5.74) is 1.32.